The van der Waals surface area contributed by atoms with Crippen LogP contribution in [0, 0.1) is 23.7 Å². The number of hydrogen-bond acceptors (Lipinski definition) is 20. The summed E-state index contributed by atoms with van der Waals surface area (Å²) in [5.41, 5.74) is 0.533. The lowest BCUT2D eigenvalue weighted by atomic mass is 10.00. The van der Waals surface area contributed by atoms with Gasteiger partial charge in [-0.2, -0.15) is 8.61 Å². The Bertz CT molecular complexity index is 2670. The van der Waals surface area contributed by atoms with E-state index in [-0.39, 0.29) is 96.5 Å². The van der Waals surface area contributed by atoms with Gasteiger partial charge in [-0.25, -0.2) is 36.0 Å². The molecule has 496 valence electrons. The Morgan fingerprint density at radius 2 is 0.625 bits per heavy atom. The molecule has 26 nitrogen and oxygen atoms in total. The predicted octanol–water partition coefficient (Wildman–Crippen LogP) is 1.62. The van der Waals surface area contributed by atoms with Crippen LogP contribution in [0.25, 0.3) is 0 Å². The van der Waals surface area contributed by atoms with E-state index in [1.165, 1.54) is 90.6 Å². The number of nitrogens with zero attached hydrogens (tertiary/aromatic N) is 6. The topological polar surface area (TPSA) is 342 Å². The third kappa shape index (κ3) is 21.0. The van der Waals surface area contributed by atoms with Gasteiger partial charge in [-0.15, -0.1) is 0 Å². The molecule has 0 aliphatic carbocycles. The highest BCUT2D eigenvalue weighted by molar-refractivity contribution is 7.89. The van der Waals surface area contributed by atoms with Crippen molar-refractivity contribution in [1.82, 2.24) is 28.2 Å². The summed E-state index contributed by atoms with van der Waals surface area (Å²) in [7, 11) is -3.41. The summed E-state index contributed by atoms with van der Waals surface area (Å²) in [4.78, 5) is 121. The number of hydrogen-bond donors (Lipinski definition) is 4. The Balaban J connectivity index is 2.32. The van der Waals surface area contributed by atoms with Crippen LogP contribution in [0.3, 0.4) is 0 Å². The maximum Gasteiger partial charge on any atom is 0.329 e. The molecular weight excluding hydrogens is 1190 g/mol. The van der Waals surface area contributed by atoms with Crippen molar-refractivity contribution >= 4 is 67.6 Å². The first-order chi connectivity index (χ1) is 41.1. The van der Waals surface area contributed by atoms with E-state index in [2.05, 4.69) is 0 Å². The Morgan fingerprint density at radius 3 is 0.852 bits per heavy atom. The molecule has 1 aliphatic heterocycles. The number of cyclic esters (lactones) is 4. The molecule has 0 bridgehead atoms. The van der Waals surface area contributed by atoms with Gasteiger partial charge >= 0.3 is 23.9 Å². The van der Waals surface area contributed by atoms with Crippen molar-refractivity contribution in [2.75, 3.05) is 80.8 Å². The van der Waals surface area contributed by atoms with Crippen molar-refractivity contribution in [1.29, 1.82) is 0 Å². The summed E-state index contributed by atoms with van der Waals surface area (Å²) in [5, 5.41) is 38.2. The highest BCUT2D eigenvalue weighted by atomic mass is 32.2. The number of sulfonamides is 2. The summed E-state index contributed by atoms with van der Waals surface area (Å²) in [5.74, 6) is -9.20. The lowest BCUT2D eigenvalue weighted by Crippen LogP contribution is -2.55. The molecular formula is C60H94N6O20S2. The first kappa shape index (κ1) is 76.1. The van der Waals surface area contributed by atoms with Crippen LogP contribution in [-0.2, 0) is 90.2 Å². The van der Waals surface area contributed by atoms with Crippen molar-refractivity contribution < 1.29 is 94.6 Å². The Kier molecular flexibility index (Phi) is 30.0. The van der Waals surface area contributed by atoms with E-state index < -0.39 is 155 Å². The minimum Gasteiger partial charge on any atom is -0.451 e. The molecule has 3 rings (SSSR count). The standard InChI is InChI=1S/C60H94N6O20S2/c1-37(2)31-47-57(75)83-41(9)53(71)61(11)50(34-40(7)8)60(78)86-52(36-44-17-21-46(22-18-44)88(81,82)66(25-29-69)26-30-70)56(74)64(14)48(32-38(3)4)58(76)84-42(10)54(72)62(12)49(33-39(5)6)59(77)85-51(55(73)63(47)13)35-43-15-19-45(20-16-43)87(79,80)65(23-27-67)24-28-68/h15-22,37-42,47-52,67-70H,23-36H2,1-14H3/t41-,42-,47+,48+,49+,50+,51-,52-/m1/s1. The largest absolute Gasteiger partial charge is 0.451 e. The van der Waals surface area contributed by atoms with Crippen molar-refractivity contribution in [3.05, 3.63) is 59.7 Å². The van der Waals surface area contributed by atoms with E-state index in [0.717, 1.165) is 28.2 Å². The van der Waals surface area contributed by atoms with Crippen LogP contribution in [0.4, 0.5) is 0 Å². The van der Waals surface area contributed by atoms with Gasteiger partial charge in [0.15, 0.2) is 24.4 Å². The van der Waals surface area contributed by atoms with E-state index in [4.69, 9.17) is 18.9 Å². The summed E-state index contributed by atoms with van der Waals surface area (Å²) >= 11 is 0. The lowest BCUT2D eigenvalue weighted by Gasteiger charge is -2.35. The molecule has 1 saturated heterocycles. The van der Waals surface area contributed by atoms with E-state index in [1.807, 2.05) is 0 Å². The van der Waals surface area contributed by atoms with Crippen molar-refractivity contribution in [3.8, 4) is 0 Å². The molecule has 0 radical (unpaired) electrons. The normalized spacial score (nSPS) is 22.7. The summed E-state index contributed by atoms with van der Waals surface area (Å²) in [6.07, 6.45) is -7.85. The fraction of sp³-hybridized carbons (Fsp3) is 0.667. The number of rotatable bonds is 24. The number of esters is 4. The third-order valence-electron chi connectivity index (χ3n) is 14.8. The van der Waals surface area contributed by atoms with Gasteiger partial charge in [0.2, 0.25) is 20.0 Å². The van der Waals surface area contributed by atoms with Crippen molar-refractivity contribution in [3.63, 3.8) is 0 Å². The van der Waals surface area contributed by atoms with E-state index in [9.17, 15) is 66.0 Å². The predicted molar refractivity (Wildman–Crippen MR) is 321 cm³/mol. The van der Waals surface area contributed by atoms with Gasteiger partial charge in [-0.3, -0.25) is 19.2 Å². The molecule has 4 amide bonds. The summed E-state index contributed by atoms with van der Waals surface area (Å²) in [6.45, 7) is 13.2. The quantitative estimate of drug-likeness (QED) is 0.0857. The highest BCUT2D eigenvalue weighted by Crippen LogP contribution is 2.26. The maximum absolute atomic E-state index is 15.0. The monoisotopic (exact) mass is 1280 g/mol. The van der Waals surface area contributed by atoms with Crippen LogP contribution in [0.2, 0.25) is 0 Å². The average Bonchev–Trinajstić information content (AvgIpc) is 2.57. The Labute approximate surface area is 518 Å². The first-order valence-corrected chi connectivity index (χ1v) is 32.5. The van der Waals surface area contributed by atoms with E-state index >= 15 is 9.59 Å². The minimum absolute atomic E-state index is 0.0539. The van der Waals surface area contributed by atoms with E-state index in [0.29, 0.717) is 0 Å². The van der Waals surface area contributed by atoms with Crippen LogP contribution in [0.1, 0.15) is 106 Å². The third-order valence-corrected chi connectivity index (χ3v) is 18.7. The number of aliphatic hydroxyl groups excluding tert-OH is 4. The zero-order chi connectivity index (χ0) is 66.7. The lowest BCUT2D eigenvalue weighted by molar-refractivity contribution is -0.176. The molecule has 1 heterocycles. The number of likely N-dealkylation sites (N-methyl/N-ethyl adjacent to an activating group) is 4. The highest BCUT2D eigenvalue weighted by Gasteiger charge is 2.43. The fourth-order valence-electron chi connectivity index (χ4n) is 9.95. The minimum atomic E-state index is -4.24. The molecule has 1 aliphatic rings. The molecule has 88 heavy (non-hydrogen) atoms. The van der Waals surface area contributed by atoms with Crippen LogP contribution in [0.5, 0.6) is 0 Å². The van der Waals surface area contributed by atoms with Gasteiger partial charge in [-0.1, -0.05) is 79.7 Å². The van der Waals surface area contributed by atoms with Gasteiger partial charge < -0.3 is 59.0 Å². The molecule has 0 spiro atoms. The van der Waals surface area contributed by atoms with Gasteiger partial charge in [-0.05, 0) is 98.6 Å². The summed E-state index contributed by atoms with van der Waals surface area (Å²) in [6, 6.07) is 4.58. The van der Waals surface area contributed by atoms with Crippen molar-refractivity contribution in [2.24, 2.45) is 23.7 Å². The molecule has 8 atom stereocenters. The summed E-state index contributed by atoms with van der Waals surface area (Å²) < 4.78 is 79.7. The van der Waals surface area contributed by atoms with Crippen molar-refractivity contribution in [2.45, 2.75) is 166 Å². The molecule has 0 unspecified atom stereocenters. The van der Waals surface area contributed by atoms with Gasteiger partial charge in [0.05, 0.1) is 36.2 Å². The molecule has 1 fully saturated rings. The number of ether oxygens (including phenoxy) is 4. The number of amides is 4. The van der Waals surface area contributed by atoms with E-state index in [1.54, 1.807) is 55.4 Å². The molecule has 2 aromatic carbocycles. The molecule has 0 saturated carbocycles. The second-order valence-electron chi connectivity index (χ2n) is 23.8. The number of aliphatic hydroxyl groups is 4. The SMILES string of the molecule is CC(C)C[C@H]1C(=O)O[C@H](Cc2ccc(S(=O)(=O)N(CCO)CCO)cc2)C(=O)N(C)[C@@H](CC(C)C)C(=O)O[C@H](C)C(=O)N(C)[C@@H](CC(C)C)C(=O)O[C@H](Cc2ccc(S(=O)(=O)N(CCO)CCO)cc2)C(=O)N(C)[C@@H](CC(C)C)C(=O)O[C@H](C)C(=O)N1C. The van der Waals surface area contributed by atoms with Crippen LogP contribution in [0.15, 0.2) is 58.3 Å². The smallest absolute Gasteiger partial charge is 0.329 e. The zero-order valence-electron chi connectivity index (χ0n) is 53.3. The first-order valence-electron chi connectivity index (χ1n) is 29.6. The van der Waals surface area contributed by atoms with Crippen LogP contribution >= 0.6 is 0 Å². The van der Waals surface area contributed by atoms with Crippen LogP contribution < -0.4 is 0 Å². The number of carbonyl (C=O) groups excluding carboxylic acids is 8. The Morgan fingerprint density at radius 1 is 0.398 bits per heavy atom. The van der Waals surface area contributed by atoms with Gasteiger partial charge in [0.1, 0.15) is 24.2 Å². The van der Waals surface area contributed by atoms with Gasteiger partial charge in [0, 0.05) is 67.2 Å². The van der Waals surface area contributed by atoms with Crippen LogP contribution in [-0.4, -0.2) is 242 Å². The maximum atomic E-state index is 15.0. The molecule has 0 aromatic heterocycles. The zero-order valence-corrected chi connectivity index (χ0v) is 54.9. The molecule has 28 heteroatoms. The fourth-order valence-corrected chi connectivity index (χ4v) is 12.8. The second kappa shape index (κ2) is 34.7. The second-order valence-corrected chi connectivity index (χ2v) is 27.7. The Hall–Kier alpha value is -6.14. The van der Waals surface area contributed by atoms with Gasteiger partial charge in [0.25, 0.3) is 23.6 Å². The average molecular weight is 1280 g/mol. The number of carbonyl (C=O) groups is 8. The molecule has 2 aromatic rings. The number of benzene rings is 2. The molecule has 4 N–H and O–H groups in total.